The van der Waals surface area contributed by atoms with Crippen molar-refractivity contribution >= 4 is 12.0 Å². The zero-order valence-corrected chi connectivity index (χ0v) is 11.8. The van der Waals surface area contributed by atoms with Crippen molar-refractivity contribution in [2.45, 2.75) is 52.1 Å². The maximum atomic E-state index is 11.1. The minimum absolute atomic E-state index is 0.226. The van der Waals surface area contributed by atoms with Crippen LogP contribution >= 0.6 is 0 Å². The van der Waals surface area contributed by atoms with Gasteiger partial charge in [0, 0.05) is 11.8 Å². The molecule has 1 aliphatic carbocycles. The van der Waals surface area contributed by atoms with Crippen molar-refractivity contribution in [1.82, 2.24) is 0 Å². The van der Waals surface area contributed by atoms with Gasteiger partial charge in [0.15, 0.2) is 6.29 Å². The summed E-state index contributed by atoms with van der Waals surface area (Å²) in [5, 5.41) is 0. The predicted molar refractivity (Wildman–Crippen MR) is 77.6 cm³/mol. The number of carbonyl (C=O) groups excluding carboxylic acids is 1. The molecule has 0 amide bonds. The topological polar surface area (TPSA) is 52.3 Å². The van der Waals surface area contributed by atoms with Crippen molar-refractivity contribution in [3.63, 3.8) is 0 Å². The monoisotopic (exact) mass is 261 g/mol. The summed E-state index contributed by atoms with van der Waals surface area (Å²) < 4.78 is 5.99. The fraction of sp³-hybridized carbons (Fsp3) is 0.562. The van der Waals surface area contributed by atoms with Gasteiger partial charge in [-0.05, 0) is 50.2 Å². The highest BCUT2D eigenvalue weighted by Gasteiger charge is 2.22. The molecule has 104 valence electrons. The van der Waals surface area contributed by atoms with E-state index in [1.165, 1.54) is 19.3 Å². The molecule has 1 aromatic carbocycles. The maximum absolute atomic E-state index is 11.1. The van der Waals surface area contributed by atoms with E-state index < -0.39 is 0 Å². The summed E-state index contributed by atoms with van der Waals surface area (Å²) in [5.74, 6) is 1.48. The summed E-state index contributed by atoms with van der Waals surface area (Å²) in [5.41, 5.74) is 8.10. The molecule has 0 unspecified atom stereocenters. The van der Waals surface area contributed by atoms with Gasteiger partial charge in [-0.3, -0.25) is 4.79 Å². The molecule has 1 fully saturated rings. The number of hydrogen-bond donors (Lipinski definition) is 1. The lowest BCUT2D eigenvalue weighted by atomic mass is 9.86. The Morgan fingerprint density at radius 2 is 2.00 bits per heavy atom. The van der Waals surface area contributed by atoms with Crippen molar-refractivity contribution in [1.29, 1.82) is 0 Å². The van der Waals surface area contributed by atoms with Crippen molar-refractivity contribution in [3.8, 4) is 5.75 Å². The molecular weight excluding hydrogens is 238 g/mol. The third kappa shape index (κ3) is 3.28. The zero-order chi connectivity index (χ0) is 13.8. The smallest absolute Gasteiger partial charge is 0.153 e. The van der Waals surface area contributed by atoms with Crippen LogP contribution in [0.4, 0.5) is 5.69 Å². The second kappa shape index (κ2) is 6.09. The van der Waals surface area contributed by atoms with Crippen LogP contribution in [0.1, 0.15) is 54.9 Å². The Balaban J connectivity index is 2.07. The maximum Gasteiger partial charge on any atom is 0.153 e. The molecule has 2 rings (SSSR count). The van der Waals surface area contributed by atoms with Gasteiger partial charge in [-0.1, -0.05) is 13.3 Å². The lowest BCUT2D eigenvalue weighted by Crippen LogP contribution is -2.24. The van der Waals surface area contributed by atoms with E-state index in [4.69, 9.17) is 10.5 Å². The van der Waals surface area contributed by atoms with Gasteiger partial charge in [-0.15, -0.1) is 0 Å². The lowest BCUT2D eigenvalue weighted by Gasteiger charge is -2.28. The first-order chi connectivity index (χ1) is 9.13. The minimum atomic E-state index is 0.226. The van der Waals surface area contributed by atoms with E-state index in [9.17, 15) is 4.79 Å². The second-order valence-corrected chi connectivity index (χ2v) is 5.53. The molecule has 19 heavy (non-hydrogen) atoms. The highest BCUT2D eigenvalue weighted by molar-refractivity contribution is 5.81. The molecular formula is C16H23NO2. The summed E-state index contributed by atoms with van der Waals surface area (Å²) in [6.07, 6.45) is 6.92. The number of ether oxygens (including phenoxy) is 1. The first-order valence-corrected chi connectivity index (χ1v) is 7.16. The number of anilines is 1. The van der Waals surface area contributed by atoms with Crippen LogP contribution < -0.4 is 10.5 Å². The van der Waals surface area contributed by atoms with Crippen LogP contribution in [0.2, 0.25) is 0 Å². The van der Waals surface area contributed by atoms with Gasteiger partial charge in [0.2, 0.25) is 0 Å². The van der Waals surface area contributed by atoms with Crippen LogP contribution in [0.15, 0.2) is 12.1 Å². The Bertz CT molecular complexity index is 448. The standard InChI is InChI=1S/C16H23NO2/c1-3-12-4-6-14(7-5-12)19-16-9-15(17)11(2)8-13(16)10-18/h8-10,12,14H,3-7,17H2,1-2H3. The third-order valence-corrected chi connectivity index (χ3v) is 4.19. The van der Waals surface area contributed by atoms with Gasteiger partial charge < -0.3 is 10.5 Å². The Morgan fingerprint density at radius 1 is 1.32 bits per heavy atom. The number of rotatable bonds is 4. The first-order valence-electron chi connectivity index (χ1n) is 7.16. The Labute approximate surface area is 115 Å². The first kappa shape index (κ1) is 13.9. The number of benzene rings is 1. The molecule has 1 aliphatic rings. The molecule has 0 atom stereocenters. The largest absolute Gasteiger partial charge is 0.490 e. The number of nitrogens with two attached hydrogens (primary N) is 1. The molecule has 1 aromatic rings. The van der Waals surface area contributed by atoms with Crippen LogP contribution in [0, 0.1) is 12.8 Å². The fourth-order valence-electron chi connectivity index (χ4n) is 2.76. The van der Waals surface area contributed by atoms with Gasteiger partial charge >= 0.3 is 0 Å². The molecule has 0 spiro atoms. The Morgan fingerprint density at radius 3 is 2.58 bits per heavy atom. The van der Waals surface area contributed by atoms with Crippen LogP contribution in [0.3, 0.4) is 0 Å². The fourth-order valence-corrected chi connectivity index (χ4v) is 2.76. The third-order valence-electron chi connectivity index (χ3n) is 4.19. The van der Waals surface area contributed by atoms with Crippen molar-refractivity contribution in [2.24, 2.45) is 5.92 Å². The number of nitrogen functional groups attached to an aromatic ring is 1. The minimum Gasteiger partial charge on any atom is -0.490 e. The normalized spacial score (nSPS) is 23.1. The van der Waals surface area contributed by atoms with E-state index in [1.807, 2.05) is 6.92 Å². The predicted octanol–water partition coefficient (Wildman–Crippen LogP) is 3.74. The second-order valence-electron chi connectivity index (χ2n) is 5.53. The van der Waals surface area contributed by atoms with E-state index in [0.29, 0.717) is 17.0 Å². The quantitative estimate of drug-likeness (QED) is 0.663. The van der Waals surface area contributed by atoms with Gasteiger partial charge in [-0.2, -0.15) is 0 Å². The average Bonchev–Trinajstić information content (AvgIpc) is 2.43. The molecule has 3 nitrogen and oxygen atoms in total. The molecule has 0 bridgehead atoms. The molecule has 3 heteroatoms. The van der Waals surface area contributed by atoms with Crippen molar-refractivity contribution in [2.75, 3.05) is 5.73 Å². The molecule has 0 heterocycles. The number of aldehydes is 1. The van der Waals surface area contributed by atoms with Crippen LogP contribution in [-0.4, -0.2) is 12.4 Å². The molecule has 0 saturated heterocycles. The summed E-state index contributed by atoms with van der Waals surface area (Å²) in [4.78, 5) is 11.1. The number of aryl methyl sites for hydroxylation is 1. The lowest BCUT2D eigenvalue weighted by molar-refractivity contribution is 0.109. The number of carbonyl (C=O) groups is 1. The molecule has 0 aromatic heterocycles. The Kier molecular flexibility index (Phi) is 4.46. The van der Waals surface area contributed by atoms with Crippen LogP contribution in [-0.2, 0) is 0 Å². The van der Waals surface area contributed by atoms with E-state index in [1.54, 1.807) is 12.1 Å². The zero-order valence-electron chi connectivity index (χ0n) is 11.8. The van der Waals surface area contributed by atoms with Crippen LogP contribution in [0.5, 0.6) is 5.75 Å². The van der Waals surface area contributed by atoms with Gasteiger partial charge in [0.25, 0.3) is 0 Å². The molecule has 0 radical (unpaired) electrons. The van der Waals surface area contributed by atoms with Crippen molar-refractivity contribution < 1.29 is 9.53 Å². The van der Waals surface area contributed by atoms with Crippen molar-refractivity contribution in [3.05, 3.63) is 23.3 Å². The van der Waals surface area contributed by atoms with Gasteiger partial charge in [0.1, 0.15) is 5.75 Å². The average molecular weight is 261 g/mol. The molecule has 0 aliphatic heterocycles. The van der Waals surface area contributed by atoms with Gasteiger partial charge in [-0.25, -0.2) is 0 Å². The summed E-state index contributed by atoms with van der Waals surface area (Å²) in [7, 11) is 0. The molecule has 1 saturated carbocycles. The highest BCUT2D eigenvalue weighted by Crippen LogP contribution is 2.31. The van der Waals surface area contributed by atoms with Crippen LogP contribution in [0.25, 0.3) is 0 Å². The van der Waals surface area contributed by atoms with E-state index in [2.05, 4.69) is 6.92 Å². The highest BCUT2D eigenvalue weighted by atomic mass is 16.5. The number of hydrogen-bond acceptors (Lipinski definition) is 3. The van der Waals surface area contributed by atoms with E-state index >= 15 is 0 Å². The Hall–Kier alpha value is -1.51. The summed E-state index contributed by atoms with van der Waals surface area (Å²) >= 11 is 0. The summed E-state index contributed by atoms with van der Waals surface area (Å²) in [6, 6.07) is 3.58. The molecule has 2 N–H and O–H groups in total. The van der Waals surface area contributed by atoms with E-state index in [-0.39, 0.29) is 6.10 Å². The summed E-state index contributed by atoms with van der Waals surface area (Å²) in [6.45, 7) is 4.15. The van der Waals surface area contributed by atoms with E-state index in [0.717, 1.165) is 30.6 Å². The SMILES string of the molecule is CCC1CCC(Oc2cc(N)c(C)cc2C=O)CC1. The van der Waals surface area contributed by atoms with Gasteiger partial charge in [0.05, 0.1) is 11.7 Å².